The highest BCUT2D eigenvalue weighted by Gasteiger charge is 2.20. The normalized spacial score (nSPS) is 10.2. The van der Waals surface area contributed by atoms with Crippen molar-refractivity contribution in [1.29, 1.82) is 0 Å². The summed E-state index contributed by atoms with van der Waals surface area (Å²) in [7, 11) is 3.71. The predicted octanol–water partition coefficient (Wildman–Crippen LogP) is 1.42. The average Bonchev–Trinajstić information content (AvgIpc) is 2.76. The first-order chi connectivity index (χ1) is 9.11. The third kappa shape index (κ3) is 2.91. The second-order valence-electron chi connectivity index (χ2n) is 4.47. The van der Waals surface area contributed by atoms with Crippen LogP contribution in [-0.2, 0) is 20.6 Å². The van der Waals surface area contributed by atoms with Crippen LogP contribution in [0.5, 0.6) is 0 Å². The molecule has 0 fully saturated rings. The summed E-state index contributed by atoms with van der Waals surface area (Å²) in [5.74, 6) is 0.547. The number of carbonyl (C=O) groups excluding carboxylic acids is 1. The fourth-order valence-electron chi connectivity index (χ4n) is 1.94. The van der Waals surface area contributed by atoms with E-state index >= 15 is 0 Å². The van der Waals surface area contributed by atoms with E-state index in [9.17, 15) is 4.79 Å². The Morgan fingerprint density at radius 2 is 2.11 bits per heavy atom. The lowest BCUT2D eigenvalue weighted by atomic mass is 10.1. The fraction of sp³-hybridized carbons (Fsp3) is 0.200. The Bertz CT molecular complexity index is 577. The van der Waals surface area contributed by atoms with Gasteiger partial charge in [0, 0.05) is 6.54 Å². The van der Waals surface area contributed by atoms with Crippen molar-refractivity contribution in [1.82, 2.24) is 9.88 Å². The van der Waals surface area contributed by atoms with Gasteiger partial charge < -0.3 is 5.32 Å². The Morgan fingerprint density at radius 3 is 2.63 bits per heavy atom. The maximum atomic E-state index is 12.1. The number of hydrogen-bond acceptors (Lipinski definition) is 1. The van der Waals surface area contributed by atoms with Crippen LogP contribution >= 0.6 is 0 Å². The molecule has 19 heavy (non-hydrogen) atoms. The van der Waals surface area contributed by atoms with Gasteiger partial charge in [-0.05, 0) is 11.1 Å². The molecule has 0 bridgehead atoms. The van der Waals surface area contributed by atoms with Crippen molar-refractivity contribution >= 4 is 12.0 Å². The molecule has 0 atom stereocenters. The minimum Gasteiger partial charge on any atom is -0.341 e. The lowest BCUT2D eigenvalue weighted by molar-refractivity contribution is -0.673. The van der Waals surface area contributed by atoms with Gasteiger partial charge in [-0.15, -0.1) is 0 Å². The summed E-state index contributed by atoms with van der Waals surface area (Å²) in [5.41, 5.74) is 2.14. The van der Waals surface area contributed by atoms with Crippen LogP contribution in [0.2, 0.25) is 0 Å². The standard InChI is InChI=1S/C15H17N3O/c1-4-12-5-7-13(8-6-12)11-16-14(19)15-17(2)9-10-18(15)3/h4-10H,1,11H2,2-3H3/p+1. The topological polar surface area (TPSA) is 37.9 Å². The number of amides is 1. The van der Waals surface area contributed by atoms with E-state index in [1.807, 2.05) is 50.8 Å². The van der Waals surface area contributed by atoms with Crippen LogP contribution < -0.4 is 9.88 Å². The van der Waals surface area contributed by atoms with Gasteiger partial charge in [-0.1, -0.05) is 36.9 Å². The molecule has 2 aromatic rings. The van der Waals surface area contributed by atoms with Gasteiger partial charge in [0.05, 0.1) is 14.1 Å². The number of imidazole rings is 1. The van der Waals surface area contributed by atoms with Gasteiger partial charge in [0.1, 0.15) is 12.4 Å². The number of benzene rings is 1. The molecule has 0 saturated carbocycles. The molecule has 1 N–H and O–H groups in total. The molecule has 4 heteroatoms. The van der Waals surface area contributed by atoms with Crippen LogP contribution in [0.1, 0.15) is 21.7 Å². The molecule has 0 aliphatic carbocycles. The molecule has 0 unspecified atom stereocenters. The highest BCUT2D eigenvalue weighted by Crippen LogP contribution is 2.05. The fourth-order valence-corrected chi connectivity index (χ4v) is 1.94. The van der Waals surface area contributed by atoms with Gasteiger partial charge in [-0.2, -0.15) is 0 Å². The van der Waals surface area contributed by atoms with Gasteiger partial charge in [-0.3, -0.25) is 4.79 Å². The number of aryl methyl sites for hydroxylation is 2. The summed E-state index contributed by atoms with van der Waals surface area (Å²) in [4.78, 5) is 12.1. The first-order valence-electron chi connectivity index (χ1n) is 6.12. The Balaban J connectivity index is 2.02. The number of carbonyl (C=O) groups is 1. The summed E-state index contributed by atoms with van der Waals surface area (Å²) in [5, 5.41) is 2.91. The number of nitrogens with one attached hydrogen (secondary N) is 1. The molecule has 0 saturated heterocycles. The van der Waals surface area contributed by atoms with Crippen LogP contribution in [0, 0.1) is 0 Å². The van der Waals surface area contributed by atoms with E-state index in [-0.39, 0.29) is 5.91 Å². The molecule has 0 spiro atoms. The molecule has 0 radical (unpaired) electrons. The third-order valence-corrected chi connectivity index (χ3v) is 3.05. The minimum atomic E-state index is -0.0807. The zero-order chi connectivity index (χ0) is 13.8. The van der Waals surface area contributed by atoms with Crippen molar-refractivity contribution in [3.63, 3.8) is 0 Å². The number of nitrogens with zero attached hydrogens (tertiary/aromatic N) is 2. The highest BCUT2D eigenvalue weighted by atomic mass is 16.2. The molecule has 4 nitrogen and oxygen atoms in total. The quantitative estimate of drug-likeness (QED) is 0.826. The van der Waals surface area contributed by atoms with Crippen LogP contribution in [-0.4, -0.2) is 10.5 Å². The van der Waals surface area contributed by atoms with Crippen molar-refractivity contribution in [3.05, 3.63) is 60.2 Å². The lowest BCUT2D eigenvalue weighted by Crippen LogP contribution is -2.40. The molecule has 0 aliphatic heterocycles. The van der Waals surface area contributed by atoms with Crippen molar-refractivity contribution in [2.24, 2.45) is 14.1 Å². The number of aromatic nitrogens is 2. The molecule has 0 aliphatic rings. The van der Waals surface area contributed by atoms with Gasteiger partial charge in [0.25, 0.3) is 0 Å². The first kappa shape index (κ1) is 13.1. The Morgan fingerprint density at radius 1 is 1.42 bits per heavy atom. The van der Waals surface area contributed by atoms with E-state index < -0.39 is 0 Å². The zero-order valence-electron chi connectivity index (χ0n) is 11.3. The van der Waals surface area contributed by atoms with Crippen molar-refractivity contribution in [2.75, 3.05) is 0 Å². The maximum Gasteiger partial charge on any atom is 0.347 e. The molecular weight excluding hydrogens is 238 g/mol. The Kier molecular flexibility index (Phi) is 3.80. The van der Waals surface area contributed by atoms with Crippen LogP contribution in [0.15, 0.2) is 43.2 Å². The lowest BCUT2D eigenvalue weighted by Gasteiger charge is -2.04. The molecule has 1 amide bonds. The monoisotopic (exact) mass is 256 g/mol. The summed E-state index contributed by atoms with van der Waals surface area (Å²) >= 11 is 0. The predicted molar refractivity (Wildman–Crippen MR) is 74.3 cm³/mol. The summed E-state index contributed by atoms with van der Waals surface area (Å²) in [6, 6.07) is 7.94. The van der Waals surface area contributed by atoms with E-state index in [0.29, 0.717) is 12.4 Å². The first-order valence-corrected chi connectivity index (χ1v) is 6.12. The Labute approximate surface area is 113 Å². The summed E-state index contributed by atoms with van der Waals surface area (Å²) < 4.78 is 3.60. The molecule has 1 heterocycles. The van der Waals surface area contributed by atoms with E-state index in [4.69, 9.17) is 0 Å². The van der Waals surface area contributed by atoms with E-state index in [2.05, 4.69) is 11.9 Å². The maximum absolute atomic E-state index is 12.1. The van der Waals surface area contributed by atoms with Gasteiger partial charge in [0.15, 0.2) is 0 Å². The zero-order valence-corrected chi connectivity index (χ0v) is 11.3. The van der Waals surface area contributed by atoms with E-state index in [0.717, 1.165) is 11.1 Å². The highest BCUT2D eigenvalue weighted by molar-refractivity contribution is 5.89. The second kappa shape index (κ2) is 5.52. The summed E-state index contributed by atoms with van der Waals surface area (Å²) in [6.45, 7) is 4.23. The van der Waals surface area contributed by atoms with Crippen LogP contribution in [0.4, 0.5) is 0 Å². The van der Waals surface area contributed by atoms with Crippen LogP contribution in [0.25, 0.3) is 6.08 Å². The van der Waals surface area contributed by atoms with E-state index in [1.54, 1.807) is 15.2 Å². The van der Waals surface area contributed by atoms with Gasteiger partial charge >= 0.3 is 11.7 Å². The largest absolute Gasteiger partial charge is 0.347 e. The summed E-state index contributed by atoms with van der Waals surface area (Å²) in [6.07, 6.45) is 5.51. The van der Waals surface area contributed by atoms with Crippen molar-refractivity contribution < 1.29 is 9.36 Å². The second-order valence-corrected chi connectivity index (χ2v) is 4.47. The number of rotatable bonds is 4. The molecule has 1 aromatic carbocycles. The number of hydrogen-bond donors (Lipinski definition) is 1. The smallest absolute Gasteiger partial charge is 0.341 e. The SMILES string of the molecule is C=Cc1ccc(CNC(=O)c2n(C)cc[n+]2C)cc1. The Hall–Kier alpha value is -2.36. The van der Waals surface area contributed by atoms with Crippen molar-refractivity contribution in [2.45, 2.75) is 6.54 Å². The van der Waals surface area contributed by atoms with Gasteiger partial charge in [-0.25, -0.2) is 9.13 Å². The molecule has 2 rings (SSSR count). The van der Waals surface area contributed by atoms with Crippen molar-refractivity contribution in [3.8, 4) is 0 Å². The van der Waals surface area contributed by atoms with E-state index in [1.165, 1.54) is 0 Å². The van der Waals surface area contributed by atoms with Crippen LogP contribution in [0.3, 0.4) is 0 Å². The van der Waals surface area contributed by atoms with Gasteiger partial charge in [0.2, 0.25) is 0 Å². The molecule has 1 aromatic heterocycles. The molecular formula is C15H18N3O+. The third-order valence-electron chi connectivity index (χ3n) is 3.05. The molecule has 98 valence electrons. The average molecular weight is 256 g/mol. The minimum absolute atomic E-state index is 0.0807.